The molecule has 98 valence electrons. The summed E-state index contributed by atoms with van der Waals surface area (Å²) in [6.07, 6.45) is 1.49. The highest BCUT2D eigenvalue weighted by atomic mass is 127. The first kappa shape index (κ1) is 14.6. The molecule has 0 heterocycles. The molecule has 19 heavy (non-hydrogen) atoms. The van der Waals surface area contributed by atoms with E-state index in [2.05, 4.69) is 20.9 Å². The molecular weight excluding hydrogens is 444 g/mol. The summed E-state index contributed by atoms with van der Waals surface area (Å²) in [5.41, 5.74) is 0.951. The van der Waals surface area contributed by atoms with E-state index < -0.39 is 0 Å². The molecule has 2 N–H and O–H groups in total. The fourth-order valence-corrected chi connectivity index (χ4v) is 3.15. The lowest BCUT2D eigenvalue weighted by atomic mass is 10.2. The first-order chi connectivity index (χ1) is 8.97. The molecule has 0 saturated heterocycles. The van der Waals surface area contributed by atoms with Crippen LogP contribution in [0.4, 0.5) is 5.69 Å². The van der Waals surface area contributed by atoms with Crippen molar-refractivity contribution in [3.05, 3.63) is 49.0 Å². The number of hydrogen-bond donors (Lipinski definition) is 2. The Morgan fingerprint density at radius 3 is 2.63 bits per heavy atom. The van der Waals surface area contributed by atoms with Gasteiger partial charge in [-0.2, -0.15) is 0 Å². The average Bonchev–Trinajstić information content (AvgIpc) is 2.33. The molecule has 0 spiro atoms. The lowest BCUT2D eigenvalue weighted by Gasteiger charge is -2.03. The molecule has 0 bridgehead atoms. The zero-order valence-electron chi connectivity index (χ0n) is 9.44. The number of phenolic OH excluding ortho intramolecular Hbond substituents is 2. The van der Waals surface area contributed by atoms with Gasteiger partial charge in [-0.1, -0.05) is 27.5 Å². The van der Waals surface area contributed by atoms with Gasteiger partial charge in [-0.15, -0.1) is 0 Å². The van der Waals surface area contributed by atoms with E-state index in [1.807, 2.05) is 22.6 Å². The van der Waals surface area contributed by atoms with Crippen LogP contribution in [0.2, 0.25) is 5.02 Å². The maximum atomic E-state index is 9.91. The van der Waals surface area contributed by atoms with Crippen molar-refractivity contribution in [3.63, 3.8) is 0 Å². The van der Waals surface area contributed by atoms with Crippen LogP contribution in [0.1, 0.15) is 5.56 Å². The van der Waals surface area contributed by atoms with Crippen molar-refractivity contribution < 1.29 is 10.2 Å². The quantitative estimate of drug-likeness (QED) is 0.505. The summed E-state index contributed by atoms with van der Waals surface area (Å²) >= 11 is 11.1. The maximum Gasteiger partial charge on any atom is 0.142 e. The Kier molecular flexibility index (Phi) is 4.70. The minimum atomic E-state index is -0.00654. The summed E-state index contributed by atoms with van der Waals surface area (Å²) in [5, 5.41) is 20.0. The van der Waals surface area contributed by atoms with Gasteiger partial charge in [-0.25, -0.2) is 0 Å². The molecule has 0 aromatic heterocycles. The second-order valence-corrected chi connectivity index (χ2v) is 6.23. The third kappa shape index (κ3) is 3.61. The van der Waals surface area contributed by atoms with Gasteiger partial charge in [-0.05, 0) is 46.9 Å². The molecule has 0 atom stereocenters. The Morgan fingerprint density at radius 2 is 1.95 bits per heavy atom. The van der Waals surface area contributed by atoms with Crippen LogP contribution in [0.25, 0.3) is 0 Å². The van der Waals surface area contributed by atoms with Crippen LogP contribution >= 0.6 is 50.1 Å². The minimum Gasteiger partial charge on any atom is -0.506 e. The van der Waals surface area contributed by atoms with Crippen LogP contribution in [0.3, 0.4) is 0 Å². The predicted octanol–water partition coefficient (Wildman–Crippen LogP) is 4.87. The Hall–Kier alpha value is -0.790. The summed E-state index contributed by atoms with van der Waals surface area (Å²) in [6, 6.07) is 8.20. The third-order valence-corrected chi connectivity index (χ3v) is 3.85. The number of phenols is 2. The van der Waals surface area contributed by atoms with Crippen LogP contribution in [0.15, 0.2) is 39.8 Å². The zero-order chi connectivity index (χ0) is 14.0. The molecule has 0 fully saturated rings. The number of nitrogens with zero attached hydrogens (tertiary/aromatic N) is 1. The third-order valence-electron chi connectivity index (χ3n) is 2.34. The number of hydrogen-bond acceptors (Lipinski definition) is 3. The molecule has 0 aliphatic carbocycles. The molecule has 2 aromatic carbocycles. The molecular formula is C13H8BrClINO2. The second kappa shape index (κ2) is 6.11. The van der Waals surface area contributed by atoms with Gasteiger partial charge in [0.2, 0.25) is 0 Å². The fraction of sp³-hybridized carbons (Fsp3) is 0. The summed E-state index contributed by atoms with van der Waals surface area (Å²) in [5.74, 6) is 0.147. The molecule has 0 saturated carbocycles. The van der Waals surface area contributed by atoms with Crippen molar-refractivity contribution in [1.82, 2.24) is 0 Å². The summed E-state index contributed by atoms with van der Waals surface area (Å²) in [6.45, 7) is 0. The van der Waals surface area contributed by atoms with E-state index >= 15 is 0 Å². The lowest BCUT2D eigenvalue weighted by molar-refractivity contribution is 0.470. The molecule has 0 unspecified atom stereocenters. The van der Waals surface area contributed by atoms with Crippen molar-refractivity contribution in [2.75, 3.05) is 0 Å². The normalized spacial score (nSPS) is 11.1. The number of benzene rings is 2. The van der Waals surface area contributed by atoms with Gasteiger partial charge >= 0.3 is 0 Å². The van der Waals surface area contributed by atoms with E-state index in [0.717, 1.165) is 4.47 Å². The monoisotopic (exact) mass is 451 g/mol. The number of aromatic hydroxyl groups is 2. The van der Waals surface area contributed by atoms with E-state index in [0.29, 0.717) is 19.8 Å². The van der Waals surface area contributed by atoms with Gasteiger partial charge in [-0.3, -0.25) is 4.99 Å². The molecule has 0 aliphatic rings. The maximum absolute atomic E-state index is 9.91. The Labute approximate surface area is 137 Å². The van der Waals surface area contributed by atoms with Gasteiger partial charge in [0.25, 0.3) is 0 Å². The van der Waals surface area contributed by atoms with Crippen LogP contribution in [0.5, 0.6) is 11.5 Å². The first-order valence-corrected chi connectivity index (χ1v) is 7.43. The first-order valence-electron chi connectivity index (χ1n) is 5.18. The van der Waals surface area contributed by atoms with Crippen molar-refractivity contribution in [1.29, 1.82) is 0 Å². The highest BCUT2D eigenvalue weighted by Crippen LogP contribution is 2.31. The molecule has 0 aliphatic heterocycles. The van der Waals surface area contributed by atoms with E-state index in [9.17, 15) is 10.2 Å². The summed E-state index contributed by atoms with van der Waals surface area (Å²) in [4.78, 5) is 4.14. The van der Waals surface area contributed by atoms with Crippen LogP contribution < -0.4 is 0 Å². The van der Waals surface area contributed by atoms with Crippen LogP contribution in [-0.2, 0) is 0 Å². The smallest absolute Gasteiger partial charge is 0.142 e. The van der Waals surface area contributed by atoms with E-state index in [1.165, 1.54) is 12.3 Å². The molecule has 6 heteroatoms. The molecule has 2 rings (SSSR count). The van der Waals surface area contributed by atoms with Crippen molar-refractivity contribution in [2.24, 2.45) is 4.99 Å². The lowest BCUT2D eigenvalue weighted by Crippen LogP contribution is -1.86. The molecule has 0 amide bonds. The van der Waals surface area contributed by atoms with Crippen LogP contribution in [-0.4, -0.2) is 16.4 Å². The Morgan fingerprint density at radius 1 is 1.21 bits per heavy atom. The van der Waals surface area contributed by atoms with Gasteiger partial charge in [0.15, 0.2) is 0 Å². The van der Waals surface area contributed by atoms with Gasteiger partial charge < -0.3 is 10.2 Å². The van der Waals surface area contributed by atoms with Gasteiger partial charge in [0.05, 0.1) is 3.57 Å². The Bertz CT molecular complexity index is 661. The largest absolute Gasteiger partial charge is 0.506 e. The number of aliphatic imine (C=N–C) groups is 1. The van der Waals surface area contributed by atoms with Crippen molar-refractivity contribution in [3.8, 4) is 11.5 Å². The summed E-state index contributed by atoms with van der Waals surface area (Å²) in [7, 11) is 0. The van der Waals surface area contributed by atoms with E-state index in [4.69, 9.17) is 11.6 Å². The second-order valence-electron chi connectivity index (χ2n) is 3.72. The molecule has 0 radical (unpaired) electrons. The van der Waals surface area contributed by atoms with E-state index in [1.54, 1.807) is 24.3 Å². The summed E-state index contributed by atoms with van der Waals surface area (Å²) < 4.78 is 1.56. The van der Waals surface area contributed by atoms with Crippen molar-refractivity contribution >= 4 is 62.0 Å². The number of rotatable bonds is 2. The average molecular weight is 452 g/mol. The van der Waals surface area contributed by atoms with Gasteiger partial charge in [0.1, 0.15) is 17.2 Å². The number of halogens is 3. The SMILES string of the molecule is Oc1cc(Cl)ccc1N=Cc1cc(Br)cc(I)c1O. The fourth-order valence-electron chi connectivity index (χ4n) is 1.43. The topological polar surface area (TPSA) is 52.8 Å². The van der Waals surface area contributed by atoms with Crippen molar-refractivity contribution in [2.45, 2.75) is 0 Å². The van der Waals surface area contributed by atoms with Crippen LogP contribution in [0, 0.1) is 3.57 Å². The highest BCUT2D eigenvalue weighted by Gasteiger charge is 2.06. The standard InChI is InChI=1S/C13H8BrClINO2/c14-8-3-7(13(19)10(16)4-8)6-17-11-2-1-9(15)5-12(11)18/h1-6,18-19H. The zero-order valence-corrected chi connectivity index (χ0v) is 13.9. The predicted molar refractivity (Wildman–Crippen MR) is 88.9 cm³/mol. The minimum absolute atomic E-state index is 0.00654. The Balaban J connectivity index is 2.38. The van der Waals surface area contributed by atoms with E-state index in [-0.39, 0.29) is 11.5 Å². The van der Waals surface area contributed by atoms with Gasteiger partial charge in [0, 0.05) is 27.3 Å². The molecule has 3 nitrogen and oxygen atoms in total. The molecule has 2 aromatic rings. The highest BCUT2D eigenvalue weighted by molar-refractivity contribution is 14.1.